The molecule has 0 amide bonds. The zero-order valence-corrected chi connectivity index (χ0v) is 13.1. The van der Waals surface area contributed by atoms with Gasteiger partial charge in [0, 0.05) is 0 Å². The fourth-order valence-corrected chi connectivity index (χ4v) is 2.96. The Hall–Kier alpha value is -0.0800. The van der Waals surface area contributed by atoms with E-state index in [0.717, 1.165) is 11.8 Å². The van der Waals surface area contributed by atoms with Crippen molar-refractivity contribution >= 4 is 0 Å². The van der Waals surface area contributed by atoms with Crippen LogP contribution in [0.1, 0.15) is 52.4 Å². The molecule has 108 valence electrons. The molecule has 1 aliphatic heterocycles. The van der Waals surface area contributed by atoms with Crippen molar-refractivity contribution < 1.29 is 0 Å². The number of piperidine rings is 1. The van der Waals surface area contributed by atoms with Gasteiger partial charge in [0.15, 0.2) is 0 Å². The van der Waals surface area contributed by atoms with Crippen LogP contribution in [0.15, 0.2) is 0 Å². The Kier molecular flexibility index (Phi) is 7.92. The van der Waals surface area contributed by atoms with E-state index >= 15 is 0 Å². The second-order valence-corrected chi connectivity index (χ2v) is 6.64. The highest BCUT2D eigenvalue weighted by molar-refractivity contribution is 4.74. The predicted octanol–water partition coefficient (Wildman–Crippen LogP) is 3.48. The maximum absolute atomic E-state index is 2.69. The molecule has 0 atom stereocenters. The van der Waals surface area contributed by atoms with E-state index < -0.39 is 0 Å². The van der Waals surface area contributed by atoms with Crippen molar-refractivity contribution in [2.75, 3.05) is 40.3 Å². The predicted molar refractivity (Wildman–Crippen MR) is 81.0 cm³/mol. The molecule has 0 radical (unpaired) electrons. The van der Waals surface area contributed by atoms with Crippen LogP contribution in [0.4, 0.5) is 0 Å². The fourth-order valence-electron chi connectivity index (χ4n) is 2.96. The molecule has 1 fully saturated rings. The van der Waals surface area contributed by atoms with Crippen molar-refractivity contribution in [2.45, 2.75) is 52.4 Å². The van der Waals surface area contributed by atoms with E-state index in [0.29, 0.717) is 0 Å². The van der Waals surface area contributed by atoms with Crippen molar-refractivity contribution in [1.82, 2.24) is 9.80 Å². The first kappa shape index (κ1) is 16.0. The van der Waals surface area contributed by atoms with Gasteiger partial charge in [-0.25, -0.2) is 0 Å². The summed E-state index contributed by atoms with van der Waals surface area (Å²) in [6.45, 7) is 10.0. The highest BCUT2D eigenvalue weighted by Gasteiger charge is 2.20. The van der Waals surface area contributed by atoms with E-state index in [1.165, 1.54) is 64.7 Å². The van der Waals surface area contributed by atoms with Crippen LogP contribution in [0, 0.1) is 11.8 Å². The lowest BCUT2D eigenvalue weighted by molar-refractivity contribution is 0.155. The molecular weight excluding hydrogens is 220 g/mol. The Bertz CT molecular complexity index is 193. The summed E-state index contributed by atoms with van der Waals surface area (Å²) in [6.07, 6.45) is 8.44. The maximum atomic E-state index is 2.69. The van der Waals surface area contributed by atoms with E-state index in [1.54, 1.807) is 0 Å². The summed E-state index contributed by atoms with van der Waals surface area (Å²) in [5.74, 6) is 1.87. The van der Waals surface area contributed by atoms with Crippen molar-refractivity contribution in [3.63, 3.8) is 0 Å². The standard InChI is InChI=1S/C16H34N2/c1-15(2)16-9-13-18(14-10-16)12-8-6-5-7-11-17(3)4/h15-16H,5-14H2,1-4H3. The first-order valence-electron chi connectivity index (χ1n) is 7.96. The van der Waals surface area contributed by atoms with Gasteiger partial charge in [-0.15, -0.1) is 0 Å². The van der Waals surface area contributed by atoms with Gasteiger partial charge in [0.1, 0.15) is 0 Å². The molecule has 1 heterocycles. The summed E-state index contributed by atoms with van der Waals surface area (Å²) >= 11 is 0. The molecule has 0 N–H and O–H groups in total. The lowest BCUT2D eigenvalue weighted by atomic mass is 9.87. The fraction of sp³-hybridized carbons (Fsp3) is 1.00. The van der Waals surface area contributed by atoms with Gasteiger partial charge in [-0.3, -0.25) is 0 Å². The summed E-state index contributed by atoms with van der Waals surface area (Å²) in [5.41, 5.74) is 0. The number of likely N-dealkylation sites (tertiary alicyclic amines) is 1. The van der Waals surface area contributed by atoms with Crippen molar-refractivity contribution in [1.29, 1.82) is 0 Å². The van der Waals surface area contributed by atoms with Gasteiger partial charge in [-0.1, -0.05) is 26.7 Å². The molecule has 0 saturated carbocycles. The minimum absolute atomic E-state index is 0.887. The second-order valence-electron chi connectivity index (χ2n) is 6.64. The van der Waals surface area contributed by atoms with Gasteiger partial charge in [-0.2, -0.15) is 0 Å². The molecule has 0 unspecified atom stereocenters. The number of unbranched alkanes of at least 4 members (excludes halogenated alkanes) is 3. The van der Waals surface area contributed by atoms with Gasteiger partial charge in [0.25, 0.3) is 0 Å². The molecule has 1 aliphatic rings. The van der Waals surface area contributed by atoms with Crippen molar-refractivity contribution in [2.24, 2.45) is 11.8 Å². The first-order chi connectivity index (χ1) is 8.59. The van der Waals surface area contributed by atoms with Gasteiger partial charge >= 0.3 is 0 Å². The van der Waals surface area contributed by atoms with E-state index in [-0.39, 0.29) is 0 Å². The number of rotatable bonds is 8. The maximum Gasteiger partial charge on any atom is -0.00160 e. The summed E-state index contributed by atoms with van der Waals surface area (Å²) in [4.78, 5) is 4.97. The van der Waals surface area contributed by atoms with E-state index in [1.807, 2.05) is 0 Å². The van der Waals surface area contributed by atoms with Crippen LogP contribution in [-0.4, -0.2) is 50.1 Å². The van der Waals surface area contributed by atoms with Crippen molar-refractivity contribution in [3.05, 3.63) is 0 Å². The Morgan fingerprint density at radius 2 is 1.61 bits per heavy atom. The third-order valence-corrected chi connectivity index (χ3v) is 4.40. The number of hydrogen-bond donors (Lipinski definition) is 0. The first-order valence-corrected chi connectivity index (χ1v) is 7.96. The molecule has 1 rings (SSSR count). The highest BCUT2D eigenvalue weighted by atomic mass is 15.1. The van der Waals surface area contributed by atoms with Gasteiger partial charge in [0.05, 0.1) is 0 Å². The summed E-state index contributed by atoms with van der Waals surface area (Å²) in [5, 5.41) is 0. The molecule has 18 heavy (non-hydrogen) atoms. The van der Waals surface area contributed by atoms with Crippen LogP contribution < -0.4 is 0 Å². The quantitative estimate of drug-likeness (QED) is 0.612. The average molecular weight is 254 g/mol. The SMILES string of the molecule is CC(C)C1CCN(CCCCCCN(C)C)CC1. The zero-order chi connectivity index (χ0) is 13.4. The van der Waals surface area contributed by atoms with Gasteiger partial charge in [0.2, 0.25) is 0 Å². The number of nitrogens with zero attached hydrogens (tertiary/aromatic N) is 2. The smallest absolute Gasteiger partial charge is 0.00160 e. The van der Waals surface area contributed by atoms with Crippen LogP contribution in [0.3, 0.4) is 0 Å². The molecule has 0 aliphatic carbocycles. The van der Waals surface area contributed by atoms with Crippen molar-refractivity contribution in [3.8, 4) is 0 Å². The topological polar surface area (TPSA) is 6.48 Å². The molecule has 0 bridgehead atoms. The summed E-state index contributed by atoms with van der Waals surface area (Å²) in [7, 11) is 4.33. The van der Waals surface area contributed by atoms with E-state index in [2.05, 4.69) is 37.7 Å². The highest BCUT2D eigenvalue weighted by Crippen LogP contribution is 2.24. The summed E-state index contributed by atoms with van der Waals surface area (Å²) < 4.78 is 0. The third-order valence-electron chi connectivity index (χ3n) is 4.40. The van der Waals surface area contributed by atoms with Crippen LogP contribution >= 0.6 is 0 Å². The minimum Gasteiger partial charge on any atom is -0.309 e. The average Bonchev–Trinajstić information content (AvgIpc) is 2.34. The molecule has 2 heteroatoms. The van der Waals surface area contributed by atoms with E-state index in [4.69, 9.17) is 0 Å². The zero-order valence-electron chi connectivity index (χ0n) is 13.1. The molecule has 1 saturated heterocycles. The van der Waals surface area contributed by atoms with Crippen LogP contribution in [-0.2, 0) is 0 Å². The molecule has 0 aromatic heterocycles. The van der Waals surface area contributed by atoms with Gasteiger partial charge in [-0.05, 0) is 77.8 Å². The monoisotopic (exact) mass is 254 g/mol. The Balaban J connectivity index is 1.95. The molecule has 0 aromatic carbocycles. The van der Waals surface area contributed by atoms with E-state index in [9.17, 15) is 0 Å². The normalized spacial score (nSPS) is 19.0. The Morgan fingerprint density at radius 1 is 1.00 bits per heavy atom. The molecule has 0 aromatic rings. The molecular formula is C16H34N2. The summed E-state index contributed by atoms with van der Waals surface area (Å²) in [6, 6.07) is 0. The lowest BCUT2D eigenvalue weighted by Gasteiger charge is -2.33. The molecule has 0 spiro atoms. The largest absolute Gasteiger partial charge is 0.309 e. The van der Waals surface area contributed by atoms with Crippen LogP contribution in [0.25, 0.3) is 0 Å². The van der Waals surface area contributed by atoms with Gasteiger partial charge < -0.3 is 9.80 Å². The minimum atomic E-state index is 0.887. The Labute approximate surface area is 115 Å². The lowest BCUT2D eigenvalue weighted by Crippen LogP contribution is -2.35. The Morgan fingerprint density at radius 3 is 2.17 bits per heavy atom. The van der Waals surface area contributed by atoms with Crippen LogP contribution in [0.2, 0.25) is 0 Å². The number of hydrogen-bond acceptors (Lipinski definition) is 2. The third kappa shape index (κ3) is 6.75. The second kappa shape index (κ2) is 8.92. The van der Waals surface area contributed by atoms with Crippen LogP contribution in [0.5, 0.6) is 0 Å². The molecule has 2 nitrogen and oxygen atoms in total.